The predicted molar refractivity (Wildman–Crippen MR) is 91.1 cm³/mol. The summed E-state index contributed by atoms with van der Waals surface area (Å²) in [7, 11) is 0. The maximum absolute atomic E-state index is 12.3. The number of ketones is 1. The van der Waals surface area contributed by atoms with Crippen LogP contribution in [-0.2, 0) is 4.79 Å². The van der Waals surface area contributed by atoms with Crippen molar-refractivity contribution < 1.29 is 19.1 Å². The van der Waals surface area contributed by atoms with E-state index in [4.69, 9.17) is 9.47 Å². The summed E-state index contributed by atoms with van der Waals surface area (Å²) in [5.41, 5.74) is 1.38. The third-order valence-corrected chi connectivity index (χ3v) is 4.39. The van der Waals surface area contributed by atoms with E-state index < -0.39 is 0 Å². The molecular weight excluding hydrogens is 328 g/mol. The second-order valence-electron chi connectivity index (χ2n) is 5.48. The summed E-state index contributed by atoms with van der Waals surface area (Å²) in [6.07, 6.45) is 1.07. The van der Waals surface area contributed by atoms with Crippen molar-refractivity contribution in [2.24, 2.45) is 0 Å². The van der Waals surface area contributed by atoms with E-state index in [2.05, 4.69) is 10.3 Å². The van der Waals surface area contributed by atoms with E-state index in [-0.39, 0.29) is 24.5 Å². The van der Waals surface area contributed by atoms with Crippen LogP contribution in [-0.4, -0.2) is 29.9 Å². The molecule has 0 radical (unpaired) electrons. The Labute approximate surface area is 143 Å². The number of aromatic nitrogens is 1. The number of rotatable bonds is 5. The minimum absolute atomic E-state index is 0.101. The Morgan fingerprint density at radius 1 is 1.21 bits per heavy atom. The fourth-order valence-electron chi connectivity index (χ4n) is 2.30. The van der Waals surface area contributed by atoms with E-state index in [1.54, 1.807) is 18.2 Å². The van der Waals surface area contributed by atoms with Crippen molar-refractivity contribution in [3.8, 4) is 11.5 Å². The summed E-state index contributed by atoms with van der Waals surface area (Å²) in [6, 6.07) is 5.13. The molecule has 1 N–H and O–H groups in total. The minimum atomic E-state index is -0.216. The maximum atomic E-state index is 12.3. The highest BCUT2D eigenvalue weighted by Gasteiger charge is 2.15. The number of Topliss-reactive ketones (excluding diaryl/α,β-unsaturated/α-hetero) is 1. The van der Waals surface area contributed by atoms with Crippen LogP contribution in [0.4, 0.5) is 5.13 Å². The maximum Gasteiger partial charge on any atom is 0.226 e. The first kappa shape index (κ1) is 16.4. The van der Waals surface area contributed by atoms with Crippen LogP contribution < -0.4 is 14.8 Å². The number of carbonyl (C=O) groups is 2. The third kappa shape index (κ3) is 4.11. The zero-order valence-electron chi connectivity index (χ0n) is 13.3. The number of nitrogens with one attached hydrogen (secondary N) is 1. The van der Waals surface area contributed by atoms with Crippen molar-refractivity contribution >= 4 is 28.2 Å². The SMILES string of the molecule is Cc1csc(NC(=O)CCC(=O)c2ccc3c(c2)OCCCO3)n1. The molecular formula is C17H18N2O4S. The van der Waals surface area contributed by atoms with Crippen LogP contribution in [0.5, 0.6) is 11.5 Å². The minimum Gasteiger partial charge on any atom is -0.490 e. The Bertz CT molecular complexity index is 757. The summed E-state index contributed by atoms with van der Waals surface area (Å²) in [6.45, 7) is 3.04. The van der Waals surface area contributed by atoms with Gasteiger partial charge < -0.3 is 14.8 Å². The van der Waals surface area contributed by atoms with Gasteiger partial charge in [0.2, 0.25) is 5.91 Å². The van der Waals surface area contributed by atoms with Gasteiger partial charge in [0.15, 0.2) is 22.4 Å². The number of aryl methyl sites for hydroxylation is 1. The quantitative estimate of drug-likeness (QED) is 0.841. The molecule has 1 amide bonds. The highest BCUT2D eigenvalue weighted by Crippen LogP contribution is 2.30. The summed E-state index contributed by atoms with van der Waals surface area (Å²) >= 11 is 1.37. The average Bonchev–Trinajstić information content (AvgIpc) is 2.84. The van der Waals surface area contributed by atoms with Gasteiger partial charge in [-0.15, -0.1) is 11.3 Å². The molecule has 2 aromatic rings. The normalized spacial score (nSPS) is 13.2. The van der Waals surface area contributed by atoms with Gasteiger partial charge in [0.05, 0.1) is 18.9 Å². The number of benzene rings is 1. The van der Waals surface area contributed by atoms with Gasteiger partial charge in [-0.05, 0) is 25.1 Å². The Kier molecular flexibility index (Phi) is 5.10. The summed E-state index contributed by atoms with van der Waals surface area (Å²) in [5, 5.41) is 5.12. The zero-order valence-corrected chi connectivity index (χ0v) is 14.1. The van der Waals surface area contributed by atoms with Crippen LogP contribution in [0.25, 0.3) is 0 Å². The van der Waals surface area contributed by atoms with Crippen molar-refractivity contribution in [1.82, 2.24) is 4.98 Å². The number of hydrogen-bond acceptors (Lipinski definition) is 6. The van der Waals surface area contributed by atoms with Gasteiger partial charge in [0.25, 0.3) is 0 Å². The number of hydrogen-bond donors (Lipinski definition) is 1. The van der Waals surface area contributed by atoms with Gasteiger partial charge in [-0.3, -0.25) is 9.59 Å². The van der Waals surface area contributed by atoms with Crippen molar-refractivity contribution in [3.05, 3.63) is 34.8 Å². The van der Waals surface area contributed by atoms with Crippen LogP contribution in [0.15, 0.2) is 23.6 Å². The molecule has 0 atom stereocenters. The standard InChI is InChI=1S/C17H18N2O4S/c1-11-10-24-17(18-11)19-16(21)6-4-13(20)12-3-5-14-15(9-12)23-8-2-7-22-14/h3,5,9-10H,2,4,6-8H2,1H3,(H,18,19,21). The molecule has 0 aliphatic carbocycles. The number of nitrogens with zero attached hydrogens (tertiary/aromatic N) is 1. The molecule has 6 nitrogen and oxygen atoms in total. The van der Waals surface area contributed by atoms with E-state index in [1.807, 2.05) is 12.3 Å². The molecule has 1 aromatic heterocycles. The second kappa shape index (κ2) is 7.44. The van der Waals surface area contributed by atoms with Crippen molar-refractivity contribution in [3.63, 3.8) is 0 Å². The monoisotopic (exact) mass is 346 g/mol. The molecule has 24 heavy (non-hydrogen) atoms. The molecule has 1 aromatic carbocycles. The van der Waals surface area contributed by atoms with Crippen molar-refractivity contribution in [2.75, 3.05) is 18.5 Å². The van der Waals surface area contributed by atoms with Crippen LogP contribution in [0.3, 0.4) is 0 Å². The van der Waals surface area contributed by atoms with E-state index in [9.17, 15) is 9.59 Å². The van der Waals surface area contributed by atoms with Crippen LogP contribution in [0, 0.1) is 6.92 Å². The molecule has 0 fully saturated rings. The lowest BCUT2D eigenvalue weighted by molar-refractivity contribution is -0.116. The number of carbonyl (C=O) groups excluding carboxylic acids is 2. The largest absolute Gasteiger partial charge is 0.490 e. The molecule has 7 heteroatoms. The molecule has 3 rings (SSSR count). The second-order valence-corrected chi connectivity index (χ2v) is 6.34. The van der Waals surface area contributed by atoms with Crippen LogP contribution in [0.1, 0.15) is 35.3 Å². The van der Waals surface area contributed by atoms with Crippen LogP contribution in [0.2, 0.25) is 0 Å². The van der Waals surface area contributed by atoms with Crippen molar-refractivity contribution in [1.29, 1.82) is 0 Å². The summed E-state index contributed by atoms with van der Waals surface area (Å²) < 4.78 is 11.1. The first-order valence-electron chi connectivity index (χ1n) is 7.76. The fraction of sp³-hybridized carbons (Fsp3) is 0.353. The molecule has 126 valence electrons. The average molecular weight is 346 g/mol. The Hall–Kier alpha value is -2.41. The number of thiazole rings is 1. The topological polar surface area (TPSA) is 77.5 Å². The lowest BCUT2D eigenvalue weighted by atomic mass is 10.1. The van der Waals surface area contributed by atoms with E-state index in [0.29, 0.717) is 35.4 Å². The summed E-state index contributed by atoms with van der Waals surface area (Å²) in [5.74, 6) is 0.921. The molecule has 1 aliphatic rings. The van der Waals surface area contributed by atoms with E-state index in [1.165, 1.54) is 11.3 Å². The fourth-order valence-corrected chi connectivity index (χ4v) is 3.01. The van der Waals surface area contributed by atoms with Gasteiger partial charge in [-0.1, -0.05) is 0 Å². The lowest BCUT2D eigenvalue weighted by Crippen LogP contribution is -2.13. The molecule has 0 saturated carbocycles. The molecule has 2 heterocycles. The summed E-state index contributed by atoms with van der Waals surface area (Å²) in [4.78, 5) is 28.3. The van der Waals surface area contributed by atoms with Gasteiger partial charge in [-0.2, -0.15) is 0 Å². The van der Waals surface area contributed by atoms with Crippen LogP contribution >= 0.6 is 11.3 Å². The number of anilines is 1. The molecule has 0 saturated heterocycles. The Balaban J connectivity index is 1.56. The van der Waals surface area contributed by atoms with Gasteiger partial charge in [0.1, 0.15) is 0 Å². The van der Waals surface area contributed by atoms with Crippen molar-refractivity contribution in [2.45, 2.75) is 26.2 Å². The van der Waals surface area contributed by atoms with Gasteiger partial charge in [-0.25, -0.2) is 4.98 Å². The highest BCUT2D eigenvalue weighted by atomic mass is 32.1. The van der Waals surface area contributed by atoms with Gasteiger partial charge >= 0.3 is 0 Å². The molecule has 0 bridgehead atoms. The lowest BCUT2D eigenvalue weighted by Gasteiger charge is -2.08. The smallest absolute Gasteiger partial charge is 0.226 e. The molecule has 0 spiro atoms. The predicted octanol–water partition coefficient (Wildman–Crippen LogP) is 3.21. The zero-order chi connectivity index (χ0) is 16.9. The number of fused-ring (bicyclic) bond motifs is 1. The van der Waals surface area contributed by atoms with Gasteiger partial charge in [0, 0.05) is 30.2 Å². The Morgan fingerprint density at radius 2 is 2.00 bits per heavy atom. The number of ether oxygens (including phenoxy) is 2. The number of amides is 1. The first-order valence-corrected chi connectivity index (χ1v) is 8.64. The highest BCUT2D eigenvalue weighted by molar-refractivity contribution is 7.13. The molecule has 0 unspecified atom stereocenters. The third-order valence-electron chi connectivity index (χ3n) is 3.51. The first-order chi connectivity index (χ1) is 11.6. The molecule has 1 aliphatic heterocycles. The van der Waals surface area contributed by atoms with E-state index in [0.717, 1.165) is 12.1 Å². The Morgan fingerprint density at radius 3 is 2.75 bits per heavy atom. The van der Waals surface area contributed by atoms with E-state index >= 15 is 0 Å².